The van der Waals surface area contributed by atoms with Crippen LogP contribution in [0.5, 0.6) is 0 Å². The normalized spacial score (nSPS) is 23.2. The lowest BCUT2D eigenvalue weighted by Crippen LogP contribution is -2.36. The fraction of sp³-hybridized carbons (Fsp3) is 0.440. The fourth-order valence-electron chi connectivity index (χ4n) is 4.80. The number of hydrogen-bond acceptors (Lipinski definition) is 3. The number of carbonyl (C=O) groups is 2. The van der Waals surface area contributed by atoms with Crippen LogP contribution in [0.4, 0.5) is 8.78 Å². The molecule has 5 nitrogen and oxygen atoms in total. The monoisotopic (exact) mass is 442 g/mol. The van der Waals surface area contributed by atoms with Crippen molar-refractivity contribution in [3.05, 3.63) is 70.8 Å². The van der Waals surface area contributed by atoms with Crippen LogP contribution in [0.25, 0.3) is 0 Å². The van der Waals surface area contributed by atoms with Gasteiger partial charge < -0.3 is 5.32 Å². The summed E-state index contributed by atoms with van der Waals surface area (Å²) in [4.78, 5) is 30.7. The van der Waals surface area contributed by atoms with E-state index < -0.39 is 0 Å². The largest absolute Gasteiger partial charge is 0.355 e. The summed E-state index contributed by atoms with van der Waals surface area (Å²) in [6.07, 6.45) is 4.31. The quantitative estimate of drug-likeness (QED) is 0.738. The van der Waals surface area contributed by atoms with E-state index in [0.29, 0.717) is 30.6 Å². The SMILES string of the molecule is CNC(=O)c1ccc(F)c(CC2CCC(C(=O)N3OCC[C@H]3c3ccc(F)cc3)CC2)c1. The Balaban J connectivity index is 1.36. The molecule has 1 heterocycles. The number of nitrogens with one attached hydrogen (secondary N) is 1. The van der Waals surface area contributed by atoms with Crippen molar-refractivity contribution in [2.24, 2.45) is 11.8 Å². The molecule has 0 bridgehead atoms. The van der Waals surface area contributed by atoms with Gasteiger partial charge in [0, 0.05) is 24.9 Å². The van der Waals surface area contributed by atoms with Crippen molar-refractivity contribution >= 4 is 11.8 Å². The molecule has 0 aromatic heterocycles. The second kappa shape index (κ2) is 9.77. The third-order valence-electron chi connectivity index (χ3n) is 6.62. The second-order valence-electron chi connectivity index (χ2n) is 8.66. The molecule has 2 amide bonds. The average Bonchev–Trinajstić information content (AvgIpc) is 3.30. The van der Waals surface area contributed by atoms with E-state index in [0.717, 1.165) is 31.2 Å². The molecule has 2 fully saturated rings. The van der Waals surface area contributed by atoms with Gasteiger partial charge in [0.05, 0.1) is 12.6 Å². The van der Waals surface area contributed by atoms with Crippen LogP contribution >= 0.6 is 0 Å². The Morgan fingerprint density at radius 3 is 2.44 bits per heavy atom. The highest BCUT2D eigenvalue weighted by molar-refractivity contribution is 5.94. The van der Waals surface area contributed by atoms with Gasteiger partial charge in [-0.25, -0.2) is 13.8 Å². The zero-order valence-corrected chi connectivity index (χ0v) is 18.2. The molecule has 1 aliphatic heterocycles. The van der Waals surface area contributed by atoms with Crippen LogP contribution in [0.15, 0.2) is 42.5 Å². The van der Waals surface area contributed by atoms with Gasteiger partial charge in [-0.05, 0) is 79.5 Å². The van der Waals surface area contributed by atoms with Crippen molar-refractivity contribution in [2.75, 3.05) is 13.7 Å². The summed E-state index contributed by atoms with van der Waals surface area (Å²) >= 11 is 0. The summed E-state index contributed by atoms with van der Waals surface area (Å²) in [5.41, 5.74) is 1.86. The van der Waals surface area contributed by atoms with Crippen LogP contribution in [0.2, 0.25) is 0 Å². The standard InChI is InChI=1S/C25H28F2N2O3/c1-28-24(30)19-8-11-22(27)20(15-19)14-16-2-4-18(5-3-16)25(31)29-23(12-13-32-29)17-6-9-21(26)10-7-17/h6-11,15-16,18,23H,2-5,12-14H2,1H3,(H,28,30)/t16?,18?,23-/m0/s1. The number of benzene rings is 2. The number of carbonyl (C=O) groups excluding carboxylic acids is 2. The first kappa shape index (κ1) is 22.4. The Bertz CT molecular complexity index is 972. The number of halogens is 2. The molecule has 1 aliphatic carbocycles. The van der Waals surface area contributed by atoms with E-state index >= 15 is 0 Å². The van der Waals surface area contributed by atoms with Crippen LogP contribution in [0.1, 0.15) is 59.6 Å². The molecule has 0 radical (unpaired) electrons. The van der Waals surface area contributed by atoms with Crippen molar-refractivity contribution in [1.29, 1.82) is 0 Å². The summed E-state index contributed by atoms with van der Waals surface area (Å²) in [6, 6.07) is 10.5. The van der Waals surface area contributed by atoms with Gasteiger partial charge in [-0.1, -0.05) is 12.1 Å². The predicted octanol–water partition coefficient (Wildman–Crippen LogP) is 4.58. The van der Waals surface area contributed by atoms with Gasteiger partial charge in [0.15, 0.2) is 0 Å². The zero-order chi connectivity index (χ0) is 22.7. The molecule has 32 heavy (non-hydrogen) atoms. The molecule has 170 valence electrons. The highest BCUT2D eigenvalue weighted by Gasteiger charge is 2.37. The molecule has 2 aliphatic rings. The highest BCUT2D eigenvalue weighted by Crippen LogP contribution is 2.37. The zero-order valence-electron chi connectivity index (χ0n) is 18.2. The van der Waals surface area contributed by atoms with E-state index in [2.05, 4.69) is 5.32 Å². The van der Waals surface area contributed by atoms with E-state index in [1.807, 2.05) is 0 Å². The van der Waals surface area contributed by atoms with Crippen LogP contribution < -0.4 is 5.32 Å². The molecule has 2 aromatic rings. The molecular formula is C25H28F2N2O3. The Morgan fingerprint density at radius 2 is 1.75 bits per heavy atom. The van der Waals surface area contributed by atoms with E-state index in [4.69, 9.17) is 4.84 Å². The van der Waals surface area contributed by atoms with E-state index in [9.17, 15) is 18.4 Å². The van der Waals surface area contributed by atoms with Crippen molar-refractivity contribution < 1.29 is 23.2 Å². The number of rotatable bonds is 5. The minimum atomic E-state index is -0.304. The van der Waals surface area contributed by atoms with Crippen LogP contribution in [-0.4, -0.2) is 30.5 Å². The molecule has 0 unspecified atom stereocenters. The number of hydrogen-bond donors (Lipinski definition) is 1. The summed E-state index contributed by atoms with van der Waals surface area (Å²) < 4.78 is 27.6. The molecule has 1 N–H and O–H groups in total. The highest BCUT2D eigenvalue weighted by atomic mass is 19.1. The lowest BCUT2D eigenvalue weighted by atomic mass is 9.78. The molecule has 2 aromatic carbocycles. The van der Waals surface area contributed by atoms with Crippen molar-refractivity contribution in [3.8, 4) is 0 Å². The van der Waals surface area contributed by atoms with Gasteiger partial charge in [-0.15, -0.1) is 0 Å². The topological polar surface area (TPSA) is 58.6 Å². The minimum absolute atomic E-state index is 0.0249. The Labute approximate surface area is 186 Å². The summed E-state index contributed by atoms with van der Waals surface area (Å²) in [7, 11) is 1.55. The van der Waals surface area contributed by atoms with E-state index in [-0.39, 0.29) is 41.3 Å². The van der Waals surface area contributed by atoms with Gasteiger partial charge in [0.25, 0.3) is 5.91 Å². The molecule has 0 spiro atoms. The second-order valence-corrected chi connectivity index (χ2v) is 8.66. The van der Waals surface area contributed by atoms with Crippen LogP contribution in [0, 0.1) is 23.5 Å². The lowest BCUT2D eigenvalue weighted by molar-refractivity contribution is -0.183. The molecule has 1 saturated heterocycles. The maximum absolute atomic E-state index is 14.3. The first-order valence-corrected chi connectivity index (χ1v) is 11.2. The van der Waals surface area contributed by atoms with Gasteiger partial charge in [-0.3, -0.25) is 14.4 Å². The van der Waals surface area contributed by atoms with Gasteiger partial charge in [-0.2, -0.15) is 0 Å². The number of nitrogens with zero attached hydrogens (tertiary/aromatic N) is 1. The van der Waals surface area contributed by atoms with Gasteiger partial charge in [0.1, 0.15) is 11.6 Å². The molecule has 4 rings (SSSR count). The first-order chi connectivity index (χ1) is 15.5. The third-order valence-corrected chi connectivity index (χ3v) is 6.62. The fourth-order valence-corrected chi connectivity index (χ4v) is 4.80. The van der Waals surface area contributed by atoms with E-state index in [1.165, 1.54) is 29.3 Å². The molecule has 1 atom stereocenters. The lowest BCUT2D eigenvalue weighted by Gasteiger charge is -2.32. The first-order valence-electron chi connectivity index (χ1n) is 11.2. The Morgan fingerprint density at radius 1 is 1.03 bits per heavy atom. The van der Waals surface area contributed by atoms with Gasteiger partial charge in [0.2, 0.25) is 5.91 Å². The number of amides is 2. The third kappa shape index (κ3) is 4.83. The smallest absolute Gasteiger partial charge is 0.251 e. The molecule has 1 saturated carbocycles. The van der Waals surface area contributed by atoms with Gasteiger partial charge >= 0.3 is 0 Å². The predicted molar refractivity (Wildman–Crippen MR) is 115 cm³/mol. The van der Waals surface area contributed by atoms with Crippen LogP contribution in [-0.2, 0) is 16.1 Å². The Kier molecular flexibility index (Phi) is 6.84. The van der Waals surface area contributed by atoms with Crippen molar-refractivity contribution in [3.63, 3.8) is 0 Å². The summed E-state index contributed by atoms with van der Waals surface area (Å²) in [6.45, 7) is 0.462. The average molecular weight is 443 g/mol. The van der Waals surface area contributed by atoms with Crippen LogP contribution in [0.3, 0.4) is 0 Å². The van der Waals surface area contributed by atoms with Crippen molar-refractivity contribution in [1.82, 2.24) is 10.4 Å². The summed E-state index contributed by atoms with van der Waals surface area (Å²) in [5, 5.41) is 4.04. The summed E-state index contributed by atoms with van der Waals surface area (Å²) in [5.74, 6) is -0.732. The maximum Gasteiger partial charge on any atom is 0.251 e. The Hall–Kier alpha value is -2.80. The maximum atomic E-state index is 14.3. The molecular weight excluding hydrogens is 414 g/mol. The molecule has 7 heteroatoms. The van der Waals surface area contributed by atoms with E-state index in [1.54, 1.807) is 25.2 Å². The van der Waals surface area contributed by atoms with Crippen molar-refractivity contribution in [2.45, 2.75) is 44.6 Å². The minimum Gasteiger partial charge on any atom is -0.355 e. The number of hydroxylamine groups is 2.